The minimum Gasteiger partial charge on any atom is -0.600 e. The first-order valence-corrected chi connectivity index (χ1v) is 10.6. The van der Waals surface area contributed by atoms with Gasteiger partial charge >= 0.3 is 0 Å². The first-order chi connectivity index (χ1) is 11.4. The van der Waals surface area contributed by atoms with E-state index in [1.54, 1.807) is 0 Å². The predicted octanol–water partition coefficient (Wildman–Crippen LogP) is -0.213. The number of ketones is 1. The molecule has 8 unspecified atom stereocenters. The summed E-state index contributed by atoms with van der Waals surface area (Å²) < 4.78 is 0.163. The predicted molar refractivity (Wildman–Crippen MR) is 99.2 cm³/mol. The largest absolute Gasteiger partial charge is 0.600 e. The summed E-state index contributed by atoms with van der Waals surface area (Å²) in [6, 6.07) is 0.844. The van der Waals surface area contributed by atoms with Crippen LogP contribution in [0.2, 0.25) is 0 Å². The van der Waals surface area contributed by atoms with Gasteiger partial charge in [0.1, 0.15) is 24.8 Å². The number of nitrogens with zero attached hydrogens (tertiary/aromatic N) is 1. The van der Waals surface area contributed by atoms with Crippen molar-refractivity contribution in [2.45, 2.75) is 80.1 Å². The summed E-state index contributed by atoms with van der Waals surface area (Å²) in [5, 5.41) is 20.1. The van der Waals surface area contributed by atoms with Gasteiger partial charge in [-0.25, -0.2) is 15.3 Å². The zero-order chi connectivity index (χ0) is 17.4. The summed E-state index contributed by atoms with van der Waals surface area (Å²) in [5.41, 5.74) is 0. The number of alkyl halides is 1. The Morgan fingerprint density at radius 3 is 2.75 bits per heavy atom. The fourth-order valence-electron chi connectivity index (χ4n) is 5.20. The average molecular weight is 452 g/mol. The molecule has 0 bridgehead atoms. The average Bonchev–Trinajstić information content (AvgIpc) is 2.80. The highest BCUT2D eigenvalue weighted by Gasteiger charge is 2.49. The molecule has 0 amide bonds. The van der Waals surface area contributed by atoms with Gasteiger partial charge in [0.15, 0.2) is 5.78 Å². The van der Waals surface area contributed by atoms with Gasteiger partial charge in [-0.2, -0.15) is 0 Å². The van der Waals surface area contributed by atoms with E-state index in [9.17, 15) is 15.2 Å². The number of fused-ring (bicyclic) bond motifs is 1. The minimum absolute atomic E-state index is 0.0511. The standard InChI is InChI=1S/C17H30IN3O3/c1-11-19(2)14-5-3-4-6-15(14)20(11)10-17(22)12-7-8-13(18)16(9-12)21(23)24/h11-16,21,23H,3-10H2,1-2H3/p+1. The van der Waals surface area contributed by atoms with Crippen molar-refractivity contribution in [2.75, 3.05) is 13.6 Å². The van der Waals surface area contributed by atoms with E-state index in [-0.39, 0.29) is 15.9 Å². The van der Waals surface area contributed by atoms with Crippen LogP contribution in [0.15, 0.2) is 0 Å². The van der Waals surface area contributed by atoms with Crippen LogP contribution in [0.1, 0.15) is 51.9 Å². The van der Waals surface area contributed by atoms with Gasteiger partial charge in [-0.05, 0) is 32.7 Å². The molecule has 0 aromatic rings. The third-order valence-corrected chi connectivity index (χ3v) is 8.28. The van der Waals surface area contributed by atoms with E-state index in [1.165, 1.54) is 30.6 Å². The van der Waals surface area contributed by atoms with Gasteiger partial charge in [0.05, 0.1) is 9.97 Å². The monoisotopic (exact) mass is 452 g/mol. The number of hydrogen-bond acceptors (Lipinski definition) is 4. The number of quaternary nitrogens is 2. The number of rotatable bonds is 4. The fourth-order valence-corrected chi connectivity index (χ4v) is 6.16. The highest BCUT2D eigenvalue weighted by atomic mass is 127. The van der Waals surface area contributed by atoms with Crippen molar-refractivity contribution in [1.82, 2.24) is 4.90 Å². The van der Waals surface area contributed by atoms with Crippen LogP contribution in [0.25, 0.3) is 0 Å². The summed E-state index contributed by atoms with van der Waals surface area (Å²) >= 11 is 2.24. The normalized spacial score (nSPS) is 45.0. The number of halogens is 1. The van der Waals surface area contributed by atoms with E-state index >= 15 is 0 Å². The van der Waals surface area contributed by atoms with Gasteiger partial charge in [0.2, 0.25) is 0 Å². The summed E-state index contributed by atoms with van der Waals surface area (Å²) in [4.78, 5) is 16.8. The lowest BCUT2D eigenvalue weighted by molar-refractivity contribution is -1.07. The Hall–Kier alpha value is 0.200. The number of hydroxylamine groups is 2. The maximum Gasteiger partial charge on any atom is 0.190 e. The second-order valence-electron chi connectivity index (χ2n) is 7.99. The Balaban J connectivity index is 1.64. The molecule has 0 aromatic carbocycles. The second-order valence-corrected chi connectivity index (χ2v) is 9.59. The molecular formula is C17H31IN3O3+. The van der Waals surface area contributed by atoms with Gasteiger partial charge in [0.25, 0.3) is 0 Å². The van der Waals surface area contributed by atoms with Crippen molar-refractivity contribution < 1.29 is 20.1 Å². The minimum atomic E-state index is -0.735. The molecule has 1 aliphatic heterocycles. The maximum atomic E-state index is 12.9. The lowest BCUT2D eigenvalue weighted by Crippen LogP contribution is -3.18. The first-order valence-electron chi connectivity index (χ1n) is 9.37. The van der Waals surface area contributed by atoms with Gasteiger partial charge < -0.3 is 10.1 Å². The van der Waals surface area contributed by atoms with E-state index < -0.39 is 5.23 Å². The lowest BCUT2D eigenvalue weighted by Gasteiger charge is -2.36. The summed E-state index contributed by atoms with van der Waals surface area (Å²) in [6.45, 7) is 2.82. The molecule has 2 aliphatic carbocycles. The van der Waals surface area contributed by atoms with Gasteiger partial charge in [-0.1, -0.05) is 29.0 Å². The number of nitrogens with one attached hydrogen (secondary N) is 2. The van der Waals surface area contributed by atoms with E-state index in [0.29, 0.717) is 37.0 Å². The number of hydrogen-bond donors (Lipinski definition) is 3. The Bertz CT molecular complexity index is 464. The summed E-state index contributed by atoms with van der Waals surface area (Å²) in [7, 11) is 2.20. The molecule has 3 rings (SSSR count). The van der Waals surface area contributed by atoms with E-state index in [2.05, 4.69) is 41.5 Å². The summed E-state index contributed by atoms with van der Waals surface area (Å²) in [5.74, 6) is 0.246. The zero-order valence-electron chi connectivity index (χ0n) is 14.7. The molecule has 1 heterocycles. The van der Waals surface area contributed by atoms with Crippen LogP contribution >= 0.6 is 22.6 Å². The Labute approximate surface area is 158 Å². The van der Waals surface area contributed by atoms with Crippen LogP contribution < -0.4 is 10.1 Å². The molecule has 138 valence electrons. The van der Waals surface area contributed by atoms with Crippen molar-refractivity contribution in [3.8, 4) is 0 Å². The molecule has 24 heavy (non-hydrogen) atoms. The molecule has 2 saturated carbocycles. The molecule has 1 saturated heterocycles. The quantitative estimate of drug-likeness (QED) is 0.314. The molecule has 3 N–H and O–H groups in total. The molecule has 3 fully saturated rings. The number of likely N-dealkylation sites (N-methyl/N-ethyl adjacent to an activating group) is 1. The van der Waals surface area contributed by atoms with E-state index in [0.717, 1.165) is 12.8 Å². The number of Topliss-reactive ketones (excluding diaryl/α,β-unsaturated/α-hetero) is 1. The fraction of sp³-hybridized carbons (Fsp3) is 0.941. The molecule has 0 spiro atoms. The molecule has 0 radical (unpaired) electrons. The van der Waals surface area contributed by atoms with Crippen LogP contribution in [0.5, 0.6) is 0 Å². The first kappa shape index (κ1) is 19.0. The van der Waals surface area contributed by atoms with Crippen molar-refractivity contribution in [3.05, 3.63) is 5.21 Å². The highest BCUT2D eigenvalue weighted by Crippen LogP contribution is 2.29. The molecule has 6 nitrogen and oxygen atoms in total. The Morgan fingerprint density at radius 2 is 2.04 bits per heavy atom. The molecule has 8 atom stereocenters. The van der Waals surface area contributed by atoms with Gasteiger partial charge in [-0.3, -0.25) is 4.79 Å². The molecular weight excluding hydrogens is 421 g/mol. The van der Waals surface area contributed by atoms with Crippen LogP contribution in [0.3, 0.4) is 0 Å². The van der Waals surface area contributed by atoms with Crippen molar-refractivity contribution in [1.29, 1.82) is 0 Å². The maximum absolute atomic E-state index is 12.9. The highest BCUT2D eigenvalue weighted by molar-refractivity contribution is 14.1. The molecule has 0 aromatic heterocycles. The van der Waals surface area contributed by atoms with E-state index in [4.69, 9.17) is 0 Å². The third-order valence-electron chi connectivity index (χ3n) is 6.79. The van der Waals surface area contributed by atoms with Gasteiger partial charge in [0, 0.05) is 25.7 Å². The smallest absolute Gasteiger partial charge is 0.190 e. The number of carbonyl (C=O) groups is 1. The van der Waals surface area contributed by atoms with Crippen LogP contribution in [0.4, 0.5) is 0 Å². The second kappa shape index (κ2) is 7.84. The van der Waals surface area contributed by atoms with Crippen LogP contribution in [-0.2, 0) is 4.79 Å². The Morgan fingerprint density at radius 1 is 1.33 bits per heavy atom. The SMILES string of the molecule is CC1N(C)C2CCCCC2[NH+]1CC(=O)C1CCC(I)C([NH+]([O-])O)C1. The van der Waals surface area contributed by atoms with Crippen molar-refractivity contribution in [2.24, 2.45) is 5.92 Å². The lowest BCUT2D eigenvalue weighted by atomic mass is 9.82. The summed E-state index contributed by atoms with van der Waals surface area (Å²) in [6.07, 6.45) is 7.70. The van der Waals surface area contributed by atoms with Gasteiger partial charge in [-0.15, -0.1) is 0 Å². The van der Waals surface area contributed by atoms with Crippen LogP contribution in [0, 0.1) is 11.1 Å². The van der Waals surface area contributed by atoms with Crippen molar-refractivity contribution >= 4 is 28.4 Å². The molecule has 7 heteroatoms. The zero-order valence-corrected chi connectivity index (χ0v) is 16.9. The van der Waals surface area contributed by atoms with E-state index in [1.807, 2.05) is 0 Å². The van der Waals surface area contributed by atoms with Crippen molar-refractivity contribution in [3.63, 3.8) is 0 Å². The van der Waals surface area contributed by atoms with Crippen LogP contribution in [-0.4, -0.2) is 57.7 Å². The Kier molecular flexibility index (Phi) is 6.20. The topological polar surface area (TPSA) is 72.5 Å². The third kappa shape index (κ3) is 3.66. The molecule has 3 aliphatic rings. The number of carbonyl (C=O) groups excluding carboxylic acids is 1.